The lowest BCUT2D eigenvalue weighted by atomic mass is 10.2. The van der Waals surface area contributed by atoms with Crippen molar-refractivity contribution >= 4 is 34.5 Å². The monoisotopic (exact) mass is 377 g/mol. The summed E-state index contributed by atoms with van der Waals surface area (Å²) in [6.07, 6.45) is -0.0686. The zero-order valence-electron chi connectivity index (χ0n) is 13.3. The predicted molar refractivity (Wildman–Crippen MR) is 92.1 cm³/mol. The molecule has 0 spiro atoms. The summed E-state index contributed by atoms with van der Waals surface area (Å²) in [4.78, 5) is 35.6. The molecule has 1 aromatic heterocycles. The maximum atomic E-state index is 12.8. The molecule has 0 aliphatic rings. The van der Waals surface area contributed by atoms with Crippen molar-refractivity contribution in [3.05, 3.63) is 69.4 Å². The number of carbonyl (C=O) groups is 2. The van der Waals surface area contributed by atoms with Crippen LogP contribution in [0.5, 0.6) is 0 Å². The molecule has 3 rings (SSSR count). The van der Waals surface area contributed by atoms with Gasteiger partial charge in [-0.05, 0) is 36.4 Å². The number of nitrogens with zero attached hydrogens (tertiary/aromatic N) is 1. The number of nitrogens with one attached hydrogen (secondary N) is 2. The van der Waals surface area contributed by atoms with E-state index in [0.29, 0.717) is 16.1 Å². The molecule has 0 saturated heterocycles. The van der Waals surface area contributed by atoms with Gasteiger partial charge in [0.1, 0.15) is 5.82 Å². The summed E-state index contributed by atoms with van der Waals surface area (Å²) in [5.41, 5.74) is 5.49. The molecule has 26 heavy (non-hydrogen) atoms. The molecular weight excluding hydrogens is 365 g/mol. The highest BCUT2D eigenvalue weighted by atomic mass is 35.5. The van der Waals surface area contributed by atoms with Crippen LogP contribution in [0.3, 0.4) is 0 Å². The van der Waals surface area contributed by atoms with Gasteiger partial charge in [0.15, 0.2) is 5.58 Å². The summed E-state index contributed by atoms with van der Waals surface area (Å²) in [6, 6.07) is 9.60. The predicted octanol–water partition coefficient (Wildman–Crippen LogP) is 2.24. The Bertz CT molecular complexity index is 1030. The van der Waals surface area contributed by atoms with Gasteiger partial charge >= 0.3 is 5.76 Å². The quantitative estimate of drug-likeness (QED) is 0.682. The lowest BCUT2D eigenvalue weighted by Gasteiger charge is -2.07. The van der Waals surface area contributed by atoms with Crippen LogP contribution < -0.4 is 16.6 Å². The molecule has 2 aromatic carbocycles. The molecule has 0 aliphatic heterocycles. The number of aromatic nitrogens is 1. The van der Waals surface area contributed by atoms with Gasteiger partial charge < -0.3 is 4.42 Å². The van der Waals surface area contributed by atoms with Crippen molar-refractivity contribution in [2.24, 2.45) is 0 Å². The zero-order chi connectivity index (χ0) is 18.7. The third kappa shape index (κ3) is 3.92. The van der Waals surface area contributed by atoms with Gasteiger partial charge in [0.2, 0.25) is 5.91 Å². The molecule has 1 heterocycles. The average Bonchev–Trinajstić information content (AvgIpc) is 2.92. The average molecular weight is 378 g/mol. The Kier molecular flexibility index (Phi) is 5.04. The van der Waals surface area contributed by atoms with Crippen LogP contribution >= 0.6 is 11.6 Å². The normalized spacial score (nSPS) is 10.7. The fourth-order valence-electron chi connectivity index (χ4n) is 2.33. The number of fused-ring (bicyclic) bond motifs is 1. The number of oxazole rings is 1. The number of rotatable bonds is 4. The Balaban J connectivity index is 1.58. The van der Waals surface area contributed by atoms with Crippen molar-refractivity contribution in [3.8, 4) is 0 Å². The van der Waals surface area contributed by atoms with E-state index in [1.165, 1.54) is 22.8 Å². The summed E-state index contributed by atoms with van der Waals surface area (Å²) >= 11 is 5.84. The third-order valence-corrected chi connectivity index (χ3v) is 3.85. The van der Waals surface area contributed by atoms with Crippen LogP contribution in [-0.4, -0.2) is 16.4 Å². The number of hydrogen-bond donors (Lipinski definition) is 2. The van der Waals surface area contributed by atoms with Crippen molar-refractivity contribution in [1.82, 2.24) is 15.4 Å². The first-order chi connectivity index (χ1) is 12.4. The number of benzene rings is 2. The first-order valence-corrected chi connectivity index (χ1v) is 7.95. The van der Waals surface area contributed by atoms with Crippen molar-refractivity contribution < 1.29 is 18.4 Å². The molecular formula is C17H13ClFN3O4. The fraction of sp³-hybridized carbons (Fsp3) is 0.118. The van der Waals surface area contributed by atoms with Gasteiger partial charge in [-0.25, -0.2) is 9.18 Å². The van der Waals surface area contributed by atoms with E-state index in [1.54, 1.807) is 12.1 Å². The first-order valence-electron chi connectivity index (χ1n) is 7.57. The van der Waals surface area contributed by atoms with Gasteiger partial charge in [-0.15, -0.1) is 0 Å². The van der Waals surface area contributed by atoms with Crippen LogP contribution in [0.2, 0.25) is 5.02 Å². The van der Waals surface area contributed by atoms with Gasteiger partial charge in [0.05, 0.1) is 5.52 Å². The molecule has 0 aliphatic carbocycles. The number of aryl methyl sites for hydroxylation is 1. The van der Waals surface area contributed by atoms with E-state index < -0.39 is 23.4 Å². The largest absolute Gasteiger partial charge is 0.419 e. The maximum absolute atomic E-state index is 12.8. The molecule has 3 aromatic rings. The minimum Gasteiger partial charge on any atom is -0.408 e. The van der Waals surface area contributed by atoms with E-state index in [9.17, 15) is 18.8 Å². The second kappa shape index (κ2) is 7.40. The SMILES string of the molecule is O=C(CCn1c(=O)oc2cc(Cl)ccc21)NNC(=O)c1ccc(F)cc1. The minimum atomic E-state index is -0.606. The van der Waals surface area contributed by atoms with E-state index in [2.05, 4.69) is 10.9 Å². The summed E-state index contributed by atoms with van der Waals surface area (Å²) in [7, 11) is 0. The molecule has 2 amide bonds. The Hall–Kier alpha value is -3.13. The number of hydrogen-bond acceptors (Lipinski definition) is 4. The summed E-state index contributed by atoms with van der Waals surface area (Å²) in [6.45, 7) is 0.0612. The molecule has 0 saturated carbocycles. The Morgan fingerprint density at radius 1 is 1.12 bits per heavy atom. The lowest BCUT2D eigenvalue weighted by Crippen LogP contribution is -2.42. The molecule has 0 fully saturated rings. The zero-order valence-corrected chi connectivity index (χ0v) is 14.0. The lowest BCUT2D eigenvalue weighted by molar-refractivity contribution is -0.122. The van der Waals surface area contributed by atoms with Crippen molar-refractivity contribution in [2.75, 3.05) is 0 Å². The van der Waals surface area contributed by atoms with Gasteiger partial charge in [-0.3, -0.25) is 25.0 Å². The molecule has 0 bridgehead atoms. The van der Waals surface area contributed by atoms with E-state index >= 15 is 0 Å². The number of hydrazine groups is 1. The topological polar surface area (TPSA) is 93.3 Å². The van der Waals surface area contributed by atoms with Crippen molar-refractivity contribution in [1.29, 1.82) is 0 Å². The summed E-state index contributed by atoms with van der Waals surface area (Å²) in [5, 5.41) is 0.430. The highest BCUT2D eigenvalue weighted by Gasteiger charge is 2.12. The number of carbonyl (C=O) groups excluding carboxylic acids is 2. The van der Waals surface area contributed by atoms with Gasteiger partial charge in [-0.1, -0.05) is 11.6 Å². The maximum Gasteiger partial charge on any atom is 0.419 e. The van der Waals surface area contributed by atoms with Crippen LogP contribution in [-0.2, 0) is 11.3 Å². The summed E-state index contributed by atoms with van der Waals surface area (Å²) in [5.74, 6) is -2.16. The number of amides is 2. The Labute approximate surface area is 151 Å². The van der Waals surface area contributed by atoms with Gasteiger partial charge in [0.25, 0.3) is 5.91 Å². The molecule has 9 heteroatoms. The van der Waals surface area contributed by atoms with E-state index in [-0.39, 0.29) is 18.5 Å². The van der Waals surface area contributed by atoms with Crippen LogP contribution in [0.15, 0.2) is 51.7 Å². The first kappa shape index (κ1) is 17.7. The minimum absolute atomic E-state index is 0.0612. The molecule has 0 radical (unpaired) electrons. The van der Waals surface area contributed by atoms with E-state index in [0.717, 1.165) is 12.1 Å². The van der Waals surface area contributed by atoms with Gasteiger partial charge in [0, 0.05) is 29.6 Å². The van der Waals surface area contributed by atoms with Crippen LogP contribution in [0.25, 0.3) is 11.1 Å². The highest BCUT2D eigenvalue weighted by molar-refractivity contribution is 6.31. The Morgan fingerprint density at radius 3 is 2.58 bits per heavy atom. The molecule has 0 atom stereocenters. The fourth-order valence-corrected chi connectivity index (χ4v) is 2.49. The summed E-state index contributed by atoms with van der Waals surface area (Å²) < 4.78 is 19.2. The second-order valence-corrected chi connectivity index (χ2v) is 5.83. The molecule has 7 nitrogen and oxygen atoms in total. The third-order valence-electron chi connectivity index (χ3n) is 3.61. The second-order valence-electron chi connectivity index (χ2n) is 5.39. The van der Waals surface area contributed by atoms with Crippen LogP contribution in [0.1, 0.15) is 16.8 Å². The molecule has 0 unspecified atom stereocenters. The Morgan fingerprint density at radius 2 is 1.85 bits per heavy atom. The molecule has 2 N–H and O–H groups in total. The molecule has 134 valence electrons. The number of halogens is 2. The van der Waals surface area contributed by atoms with E-state index in [1.807, 2.05) is 0 Å². The van der Waals surface area contributed by atoms with Crippen LogP contribution in [0.4, 0.5) is 4.39 Å². The van der Waals surface area contributed by atoms with Gasteiger partial charge in [-0.2, -0.15) is 0 Å². The van der Waals surface area contributed by atoms with E-state index in [4.69, 9.17) is 16.0 Å². The van der Waals surface area contributed by atoms with Crippen molar-refractivity contribution in [2.45, 2.75) is 13.0 Å². The smallest absolute Gasteiger partial charge is 0.408 e. The van der Waals surface area contributed by atoms with Crippen LogP contribution in [0, 0.1) is 5.82 Å². The standard InChI is InChI=1S/C17H13ClFN3O4/c18-11-3-6-13-14(9-11)26-17(25)22(13)8-7-15(23)20-21-16(24)10-1-4-12(19)5-2-10/h1-6,9H,7-8H2,(H,20,23)(H,21,24). The highest BCUT2D eigenvalue weighted by Crippen LogP contribution is 2.18. The van der Waals surface area contributed by atoms with Crippen molar-refractivity contribution in [3.63, 3.8) is 0 Å².